The smallest absolute Gasteiger partial charge is 0.331 e. The van der Waals surface area contributed by atoms with E-state index in [-0.39, 0.29) is 36.6 Å². The Morgan fingerprint density at radius 2 is 1.57 bits per heavy atom. The van der Waals surface area contributed by atoms with E-state index in [1.807, 2.05) is 43.4 Å². The summed E-state index contributed by atoms with van der Waals surface area (Å²) in [5, 5.41) is 21.8. The zero-order chi connectivity index (χ0) is 38.3. The first-order valence-corrected chi connectivity index (χ1v) is 19.9. The van der Waals surface area contributed by atoms with Crippen LogP contribution in [0, 0.1) is 23.7 Å². The SMILES string of the molecule is CO[C@@H]1/C=C/C=C\C=C/C(=O)OC2C=CC(C/C=C/CC/C=C/[C@H](O)[C@H](O)[C@H]3CC[C@@H](C)[C@@H](C/C=C/[C@@H]4O[C@H]1CC(C)C4C)O3)OC2/C(C)=C/C(C)C. The zero-order valence-electron chi connectivity index (χ0n) is 33.0. The van der Waals surface area contributed by atoms with Gasteiger partial charge in [-0.05, 0) is 87.2 Å². The van der Waals surface area contributed by atoms with E-state index >= 15 is 0 Å². The number of ether oxygens (including phenoxy) is 5. The van der Waals surface area contributed by atoms with Crippen LogP contribution in [0.1, 0.15) is 86.5 Å². The van der Waals surface area contributed by atoms with E-state index in [1.165, 1.54) is 6.08 Å². The number of aliphatic hydroxyl groups is 2. The molecule has 0 aliphatic carbocycles. The lowest BCUT2D eigenvalue weighted by molar-refractivity contribution is -0.148. The molecule has 8 heteroatoms. The molecule has 0 spiro atoms. The highest BCUT2D eigenvalue weighted by Crippen LogP contribution is 2.34. The molecule has 5 aliphatic rings. The number of esters is 1. The lowest BCUT2D eigenvalue weighted by atomic mass is 9.82. The number of aliphatic hydroxyl groups excluding tert-OH is 2. The first kappa shape index (κ1) is 42.9. The molecule has 2 saturated heterocycles. The van der Waals surface area contributed by atoms with Gasteiger partial charge < -0.3 is 33.9 Å². The Labute approximate surface area is 319 Å². The highest BCUT2D eigenvalue weighted by atomic mass is 16.6. The third-order valence-corrected chi connectivity index (χ3v) is 11.0. The molecule has 0 radical (unpaired) electrons. The van der Waals surface area contributed by atoms with E-state index < -0.39 is 30.4 Å². The van der Waals surface area contributed by atoms with Gasteiger partial charge in [-0.3, -0.25) is 0 Å². The largest absolute Gasteiger partial charge is 0.452 e. The molecule has 2 fully saturated rings. The summed E-state index contributed by atoms with van der Waals surface area (Å²) in [5.41, 5.74) is 1.03. The normalized spacial score (nSPS) is 42.1. The molecule has 0 amide bonds. The molecule has 0 saturated carbocycles. The van der Waals surface area contributed by atoms with Gasteiger partial charge in [0.15, 0.2) is 6.10 Å². The van der Waals surface area contributed by atoms with Gasteiger partial charge in [-0.15, -0.1) is 0 Å². The molecule has 5 heterocycles. The van der Waals surface area contributed by atoms with Crippen molar-refractivity contribution in [2.75, 3.05) is 7.11 Å². The maximum atomic E-state index is 12.8. The summed E-state index contributed by atoms with van der Waals surface area (Å²) >= 11 is 0. The fourth-order valence-corrected chi connectivity index (χ4v) is 7.59. The second-order valence-corrected chi connectivity index (χ2v) is 15.7. The minimum absolute atomic E-state index is 0.0469. The lowest BCUT2D eigenvalue weighted by Gasteiger charge is -2.40. The molecule has 6 bridgehead atoms. The number of fused-ring (bicyclic) bond motifs is 13. The van der Waals surface area contributed by atoms with Crippen LogP contribution in [0.2, 0.25) is 0 Å². The Kier molecular flexibility index (Phi) is 17.7. The van der Waals surface area contributed by atoms with Gasteiger partial charge in [0.1, 0.15) is 24.4 Å². The molecular formula is C45H66O8. The van der Waals surface area contributed by atoms with Crippen molar-refractivity contribution in [1.29, 1.82) is 0 Å². The van der Waals surface area contributed by atoms with Gasteiger partial charge in [0, 0.05) is 13.2 Å². The maximum absolute atomic E-state index is 12.8. The minimum atomic E-state index is -0.997. The molecule has 53 heavy (non-hydrogen) atoms. The van der Waals surface area contributed by atoms with Gasteiger partial charge in [0.25, 0.3) is 0 Å². The van der Waals surface area contributed by atoms with E-state index in [0.717, 1.165) is 31.3 Å². The highest BCUT2D eigenvalue weighted by molar-refractivity contribution is 5.82. The van der Waals surface area contributed by atoms with Crippen LogP contribution in [0.15, 0.2) is 96.7 Å². The summed E-state index contributed by atoms with van der Waals surface area (Å²) in [7, 11) is 1.70. The number of allylic oxidation sites excluding steroid dienone is 7. The summed E-state index contributed by atoms with van der Waals surface area (Å²) in [6.07, 6.45) is 30.4. The van der Waals surface area contributed by atoms with Crippen LogP contribution in [0.25, 0.3) is 0 Å². The van der Waals surface area contributed by atoms with Crippen molar-refractivity contribution >= 4 is 5.97 Å². The van der Waals surface area contributed by atoms with Crippen molar-refractivity contribution < 1.29 is 38.7 Å². The predicted molar refractivity (Wildman–Crippen MR) is 211 cm³/mol. The number of hydrogen-bond donors (Lipinski definition) is 2. The quantitative estimate of drug-likeness (QED) is 0.222. The van der Waals surface area contributed by atoms with Crippen molar-refractivity contribution in [3.8, 4) is 0 Å². The monoisotopic (exact) mass is 734 g/mol. The summed E-state index contributed by atoms with van der Waals surface area (Å²) in [6, 6.07) is 0. The maximum Gasteiger partial charge on any atom is 0.331 e. The third-order valence-electron chi connectivity index (χ3n) is 11.0. The second kappa shape index (κ2) is 21.9. The first-order valence-electron chi connectivity index (χ1n) is 19.9. The van der Waals surface area contributed by atoms with Crippen LogP contribution in [0.4, 0.5) is 0 Å². The Hall–Kier alpha value is -2.85. The molecule has 5 aliphatic heterocycles. The van der Waals surface area contributed by atoms with E-state index in [4.69, 9.17) is 23.7 Å². The molecule has 294 valence electrons. The zero-order valence-corrected chi connectivity index (χ0v) is 33.0. The van der Waals surface area contributed by atoms with Gasteiger partial charge in [-0.25, -0.2) is 4.79 Å². The fourth-order valence-electron chi connectivity index (χ4n) is 7.59. The molecule has 2 N–H and O–H groups in total. The molecule has 5 rings (SSSR count). The lowest BCUT2D eigenvalue weighted by Crippen LogP contribution is -2.45. The number of carbonyl (C=O) groups excluding carboxylic acids is 1. The van der Waals surface area contributed by atoms with Crippen molar-refractivity contribution in [3.63, 3.8) is 0 Å². The van der Waals surface area contributed by atoms with E-state index in [9.17, 15) is 15.0 Å². The Bertz CT molecular complexity index is 1370. The molecule has 8 nitrogen and oxygen atoms in total. The highest BCUT2D eigenvalue weighted by Gasteiger charge is 2.37. The van der Waals surface area contributed by atoms with Crippen molar-refractivity contribution in [3.05, 3.63) is 96.7 Å². The molecule has 13 atom stereocenters. The first-order chi connectivity index (χ1) is 25.5. The third kappa shape index (κ3) is 13.4. The minimum Gasteiger partial charge on any atom is -0.452 e. The van der Waals surface area contributed by atoms with Gasteiger partial charge in [-0.2, -0.15) is 0 Å². The predicted octanol–water partition coefficient (Wildman–Crippen LogP) is 8.09. The molecule has 0 aromatic carbocycles. The van der Waals surface area contributed by atoms with E-state index in [0.29, 0.717) is 42.9 Å². The number of rotatable bonds is 3. The molecule has 0 aromatic rings. The van der Waals surface area contributed by atoms with Crippen LogP contribution >= 0.6 is 0 Å². The molecular weight excluding hydrogens is 668 g/mol. The molecule has 0 aromatic heterocycles. The Balaban J connectivity index is 1.51. The van der Waals surface area contributed by atoms with Crippen LogP contribution in [-0.2, 0) is 28.5 Å². The van der Waals surface area contributed by atoms with Gasteiger partial charge >= 0.3 is 5.97 Å². The van der Waals surface area contributed by atoms with Gasteiger partial charge in [0.05, 0.1) is 30.5 Å². The summed E-state index contributed by atoms with van der Waals surface area (Å²) < 4.78 is 31.2. The van der Waals surface area contributed by atoms with Crippen molar-refractivity contribution in [1.82, 2.24) is 0 Å². The van der Waals surface area contributed by atoms with Crippen molar-refractivity contribution in [2.45, 2.75) is 148 Å². The fraction of sp³-hybridized carbons (Fsp3) is 0.622. The van der Waals surface area contributed by atoms with Crippen LogP contribution in [0.5, 0.6) is 0 Å². The standard InChI is InChI=1S/C45H66O8/c1-30(2)28-33(5)45-41-27-25-35(50-45)18-13-9-8-10-14-19-36(46)44(48)40-26-24-31(3)37(51-40)21-17-22-38-34(6)32(4)29-42(52-38)39(49-7)20-15-11-12-16-23-43(47)53-41/h9,11-17,19-20,22-23,25,27-28,30-32,34-42,44-46,48H,8,10,18,21,24,26,29H2,1-7H3/b12-11-,13-9+,19-14+,20-15+,22-17+,23-16-,33-28+/t31-,32?,34?,35?,36+,37-,38+,39-,40-,41?,42+,44+,45?/m1/s1. The second-order valence-electron chi connectivity index (χ2n) is 15.7. The molecule has 5 unspecified atom stereocenters. The van der Waals surface area contributed by atoms with Gasteiger partial charge in [-0.1, -0.05) is 114 Å². The number of hydrogen-bond acceptors (Lipinski definition) is 8. The van der Waals surface area contributed by atoms with E-state index in [1.54, 1.807) is 25.3 Å². The van der Waals surface area contributed by atoms with E-state index in [2.05, 4.69) is 65.0 Å². The summed E-state index contributed by atoms with van der Waals surface area (Å²) in [4.78, 5) is 12.8. The van der Waals surface area contributed by atoms with Crippen LogP contribution < -0.4 is 0 Å². The van der Waals surface area contributed by atoms with Gasteiger partial charge in [0.2, 0.25) is 0 Å². The number of methoxy groups -OCH3 is 1. The Morgan fingerprint density at radius 1 is 0.792 bits per heavy atom. The summed E-state index contributed by atoms with van der Waals surface area (Å²) in [6.45, 7) is 12.9. The summed E-state index contributed by atoms with van der Waals surface area (Å²) in [5.74, 6) is 1.01. The van der Waals surface area contributed by atoms with Crippen molar-refractivity contribution in [2.24, 2.45) is 23.7 Å². The topological polar surface area (TPSA) is 104 Å². The van der Waals surface area contributed by atoms with Crippen LogP contribution in [-0.4, -0.2) is 84.3 Å². The Morgan fingerprint density at radius 3 is 2.34 bits per heavy atom. The van der Waals surface area contributed by atoms with Crippen LogP contribution in [0.3, 0.4) is 0 Å². The average molecular weight is 735 g/mol. The number of carbonyl (C=O) groups is 1. The average Bonchev–Trinajstić information content (AvgIpc) is 3.12.